The van der Waals surface area contributed by atoms with Crippen molar-refractivity contribution in [3.8, 4) is 16.9 Å². The molecule has 1 aliphatic rings. The van der Waals surface area contributed by atoms with E-state index in [-0.39, 0.29) is 0 Å². The number of ether oxygens (including phenoxy) is 1. The Kier molecular flexibility index (Phi) is 6.46. The van der Waals surface area contributed by atoms with Gasteiger partial charge in [-0.05, 0) is 23.3 Å². The molecule has 170 valence electrons. The van der Waals surface area contributed by atoms with Crippen LogP contribution in [0.2, 0.25) is 0 Å². The molecule has 0 radical (unpaired) electrons. The quantitative estimate of drug-likeness (QED) is 0.449. The molecule has 0 spiro atoms. The summed E-state index contributed by atoms with van der Waals surface area (Å²) >= 11 is 0. The van der Waals surface area contributed by atoms with Crippen molar-refractivity contribution < 1.29 is 4.74 Å². The first kappa shape index (κ1) is 21.4. The van der Waals surface area contributed by atoms with E-state index >= 15 is 0 Å². The highest BCUT2D eigenvalue weighted by atomic mass is 16.5. The van der Waals surface area contributed by atoms with Crippen molar-refractivity contribution in [2.75, 3.05) is 51.7 Å². The number of methoxy groups -OCH3 is 1. The fraction of sp³-hybridized carbons (Fsp3) is 0.320. The third-order valence-electron chi connectivity index (χ3n) is 6.14. The molecule has 0 amide bonds. The van der Waals surface area contributed by atoms with Gasteiger partial charge >= 0.3 is 0 Å². The first-order valence-corrected chi connectivity index (χ1v) is 11.4. The van der Waals surface area contributed by atoms with Gasteiger partial charge in [0.1, 0.15) is 17.9 Å². The number of fused-ring (bicyclic) bond motifs is 1. The van der Waals surface area contributed by atoms with Crippen LogP contribution in [-0.4, -0.2) is 75.8 Å². The van der Waals surface area contributed by atoms with Crippen LogP contribution in [0.4, 0.5) is 5.82 Å². The van der Waals surface area contributed by atoms with Gasteiger partial charge in [0.25, 0.3) is 5.78 Å². The number of hydrogen-bond donors (Lipinski definition) is 1. The lowest BCUT2D eigenvalue weighted by molar-refractivity contribution is 0.130. The number of nitrogens with zero attached hydrogens (tertiary/aromatic N) is 6. The number of rotatable bonds is 8. The van der Waals surface area contributed by atoms with E-state index in [1.54, 1.807) is 11.6 Å². The summed E-state index contributed by atoms with van der Waals surface area (Å²) in [5, 5.41) is 7.99. The van der Waals surface area contributed by atoms with Crippen LogP contribution in [0.15, 0.2) is 67.1 Å². The molecule has 33 heavy (non-hydrogen) atoms. The van der Waals surface area contributed by atoms with Gasteiger partial charge < -0.3 is 10.1 Å². The van der Waals surface area contributed by atoms with Gasteiger partial charge in [0.15, 0.2) is 0 Å². The minimum atomic E-state index is 0.587. The summed E-state index contributed by atoms with van der Waals surface area (Å²) in [7, 11) is 1.67. The number of nitrogens with one attached hydrogen (secondary N) is 1. The Bertz CT molecular complexity index is 1170. The first-order valence-electron chi connectivity index (χ1n) is 11.4. The third-order valence-corrected chi connectivity index (χ3v) is 6.14. The molecular weight excluding hydrogens is 414 g/mol. The van der Waals surface area contributed by atoms with Gasteiger partial charge in [0, 0.05) is 57.6 Å². The van der Waals surface area contributed by atoms with Crippen LogP contribution in [0, 0.1) is 0 Å². The maximum Gasteiger partial charge on any atom is 0.254 e. The van der Waals surface area contributed by atoms with E-state index in [4.69, 9.17) is 4.74 Å². The van der Waals surface area contributed by atoms with E-state index in [1.165, 1.54) is 11.9 Å². The lowest BCUT2D eigenvalue weighted by atomic mass is 10.1. The molecule has 1 aliphatic heterocycles. The molecular formula is C25H29N7O. The summed E-state index contributed by atoms with van der Waals surface area (Å²) in [5.41, 5.74) is 3.43. The van der Waals surface area contributed by atoms with E-state index in [0.29, 0.717) is 5.78 Å². The number of piperazine rings is 1. The zero-order valence-electron chi connectivity index (χ0n) is 18.9. The second kappa shape index (κ2) is 9.97. The first-order chi connectivity index (χ1) is 16.3. The minimum Gasteiger partial charge on any atom is -0.497 e. The predicted molar refractivity (Wildman–Crippen MR) is 129 cm³/mol. The maximum absolute atomic E-state index is 5.30. The second-order valence-corrected chi connectivity index (χ2v) is 8.25. The number of benzene rings is 2. The van der Waals surface area contributed by atoms with Crippen molar-refractivity contribution in [1.29, 1.82) is 0 Å². The van der Waals surface area contributed by atoms with E-state index in [1.807, 2.05) is 30.5 Å². The molecule has 1 saturated heterocycles. The predicted octanol–water partition coefficient (Wildman–Crippen LogP) is 3.03. The lowest BCUT2D eigenvalue weighted by Crippen LogP contribution is -2.47. The van der Waals surface area contributed by atoms with E-state index in [2.05, 4.69) is 60.5 Å². The van der Waals surface area contributed by atoms with Crippen LogP contribution in [0.5, 0.6) is 5.75 Å². The highest BCUT2D eigenvalue weighted by Gasteiger charge is 2.17. The van der Waals surface area contributed by atoms with Crippen LogP contribution in [0.25, 0.3) is 16.9 Å². The van der Waals surface area contributed by atoms with Crippen LogP contribution in [0.3, 0.4) is 0 Å². The van der Waals surface area contributed by atoms with Gasteiger partial charge in [-0.3, -0.25) is 9.80 Å². The van der Waals surface area contributed by atoms with Gasteiger partial charge in [0.05, 0.1) is 7.11 Å². The normalized spacial score (nSPS) is 15.1. The average Bonchev–Trinajstić information content (AvgIpc) is 3.35. The molecule has 0 unspecified atom stereocenters. The van der Waals surface area contributed by atoms with E-state index < -0.39 is 0 Å². The molecule has 0 atom stereocenters. The summed E-state index contributed by atoms with van der Waals surface area (Å²) in [5.74, 6) is 2.32. The van der Waals surface area contributed by atoms with Crippen molar-refractivity contribution in [2.24, 2.45) is 0 Å². The fourth-order valence-corrected chi connectivity index (χ4v) is 4.28. The molecule has 8 heteroatoms. The molecule has 8 nitrogen and oxygen atoms in total. The highest BCUT2D eigenvalue weighted by Crippen LogP contribution is 2.28. The third kappa shape index (κ3) is 4.97. The molecule has 0 bridgehead atoms. The van der Waals surface area contributed by atoms with Gasteiger partial charge in [0.2, 0.25) is 0 Å². The van der Waals surface area contributed by atoms with Crippen molar-refractivity contribution >= 4 is 11.6 Å². The summed E-state index contributed by atoms with van der Waals surface area (Å²) in [6, 6.07) is 18.7. The van der Waals surface area contributed by atoms with Crippen LogP contribution >= 0.6 is 0 Å². The standard InChI is InChI=1S/C25H29N7O/c1-33-22-9-7-21(8-10-22)23-17-27-25-28-19-29-32(25)24(23)26-11-12-30-13-15-31(16-14-30)18-20-5-3-2-4-6-20/h2-10,17,19,26H,11-16,18H2,1H3. The number of aromatic nitrogens is 4. The van der Waals surface area contributed by atoms with Crippen molar-refractivity contribution in [3.05, 3.63) is 72.7 Å². The number of hydrogen-bond acceptors (Lipinski definition) is 7. The Morgan fingerprint density at radius 1 is 0.909 bits per heavy atom. The summed E-state index contributed by atoms with van der Waals surface area (Å²) in [4.78, 5) is 13.8. The highest BCUT2D eigenvalue weighted by molar-refractivity contribution is 5.76. The largest absolute Gasteiger partial charge is 0.497 e. The molecule has 1 fully saturated rings. The van der Waals surface area contributed by atoms with Crippen LogP contribution in [-0.2, 0) is 6.54 Å². The van der Waals surface area contributed by atoms with E-state index in [9.17, 15) is 0 Å². The molecule has 5 rings (SSSR count). The molecule has 0 aliphatic carbocycles. The lowest BCUT2D eigenvalue weighted by Gasteiger charge is -2.34. The Balaban J connectivity index is 1.21. The Morgan fingerprint density at radius 2 is 1.67 bits per heavy atom. The number of anilines is 1. The zero-order valence-corrected chi connectivity index (χ0v) is 18.9. The molecule has 2 aromatic heterocycles. The van der Waals surface area contributed by atoms with Crippen molar-refractivity contribution in [3.63, 3.8) is 0 Å². The summed E-state index contributed by atoms with van der Waals surface area (Å²) < 4.78 is 7.07. The average molecular weight is 444 g/mol. The van der Waals surface area contributed by atoms with Crippen LogP contribution < -0.4 is 10.1 Å². The maximum atomic E-state index is 5.30. The molecule has 4 aromatic rings. The Hall–Kier alpha value is -3.49. The zero-order chi connectivity index (χ0) is 22.5. The second-order valence-electron chi connectivity index (χ2n) is 8.25. The fourth-order valence-electron chi connectivity index (χ4n) is 4.28. The topological polar surface area (TPSA) is 70.8 Å². The SMILES string of the molecule is COc1ccc(-c2cnc3ncnn3c2NCCN2CCN(Cc3ccccc3)CC2)cc1. The smallest absolute Gasteiger partial charge is 0.254 e. The summed E-state index contributed by atoms with van der Waals surface area (Å²) in [6.07, 6.45) is 3.40. The Labute approximate surface area is 193 Å². The van der Waals surface area contributed by atoms with Gasteiger partial charge in [-0.2, -0.15) is 14.6 Å². The van der Waals surface area contributed by atoms with Crippen molar-refractivity contribution in [2.45, 2.75) is 6.54 Å². The minimum absolute atomic E-state index is 0.587. The van der Waals surface area contributed by atoms with E-state index in [0.717, 1.165) is 68.5 Å². The Morgan fingerprint density at radius 3 is 2.42 bits per heavy atom. The van der Waals surface area contributed by atoms with Crippen LogP contribution in [0.1, 0.15) is 5.56 Å². The molecule has 0 saturated carbocycles. The van der Waals surface area contributed by atoms with Gasteiger partial charge in [-0.15, -0.1) is 0 Å². The molecule has 3 heterocycles. The van der Waals surface area contributed by atoms with Crippen molar-refractivity contribution in [1.82, 2.24) is 29.4 Å². The van der Waals surface area contributed by atoms with Gasteiger partial charge in [-0.1, -0.05) is 42.5 Å². The molecule has 2 aromatic carbocycles. The monoisotopic (exact) mass is 443 g/mol. The summed E-state index contributed by atoms with van der Waals surface area (Å²) in [6.45, 7) is 7.16. The van der Waals surface area contributed by atoms with Gasteiger partial charge in [-0.25, -0.2) is 4.98 Å². The molecule has 1 N–H and O–H groups in total.